The van der Waals surface area contributed by atoms with Gasteiger partial charge >= 0.3 is 0 Å². The molecular weight excluding hydrogens is 398 g/mol. The SMILES string of the molecule is CC(NC(=O)c1ccc(C(C)(C)C)cc1)C(=O)N1CCN(c2cccc(Cl)c2)CC1. The topological polar surface area (TPSA) is 52.7 Å². The number of carbonyl (C=O) groups is 2. The molecule has 0 aromatic heterocycles. The van der Waals surface area contributed by atoms with Crippen LogP contribution in [0.3, 0.4) is 0 Å². The molecule has 0 aliphatic carbocycles. The molecule has 6 heteroatoms. The summed E-state index contributed by atoms with van der Waals surface area (Å²) in [6, 6.07) is 14.7. The van der Waals surface area contributed by atoms with Crippen molar-refractivity contribution in [3.8, 4) is 0 Å². The molecule has 1 saturated heterocycles. The van der Waals surface area contributed by atoms with E-state index >= 15 is 0 Å². The van der Waals surface area contributed by atoms with Crippen LogP contribution in [0.2, 0.25) is 5.02 Å². The molecule has 30 heavy (non-hydrogen) atoms. The molecule has 0 bridgehead atoms. The Balaban J connectivity index is 1.54. The van der Waals surface area contributed by atoms with Crippen LogP contribution in [0.1, 0.15) is 43.6 Å². The number of halogens is 1. The molecule has 1 heterocycles. The number of carbonyl (C=O) groups excluding carboxylic acids is 2. The van der Waals surface area contributed by atoms with E-state index in [1.54, 1.807) is 6.92 Å². The van der Waals surface area contributed by atoms with Gasteiger partial charge in [-0.15, -0.1) is 0 Å². The van der Waals surface area contributed by atoms with Gasteiger partial charge in [-0.3, -0.25) is 9.59 Å². The van der Waals surface area contributed by atoms with Crippen LogP contribution in [-0.2, 0) is 10.2 Å². The Kier molecular flexibility index (Phi) is 6.71. The average Bonchev–Trinajstić information content (AvgIpc) is 2.72. The number of benzene rings is 2. The third-order valence-corrected chi connectivity index (χ3v) is 5.73. The van der Waals surface area contributed by atoms with Crippen molar-refractivity contribution in [3.05, 3.63) is 64.7 Å². The normalized spacial score (nSPS) is 15.6. The van der Waals surface area contributed by atoms with Crippen LogP contribution >= 0.6 is 11.6 Å². The molecule has 1 atom stereocenters. The summed E-state index contributed by atoms with van der Waals surface area (Å²) in [7, 11) is 0. The second-order valence-electron chi connectivity index (χ2n) is 8.81. The van der Waals surface area contributed by atoms with Gasteiger partial charge < -0.3 is 15.1 Å². The Bertz CT molecular complexity index is 897. The number of anilines is 1. The van der Waals surface area contributed by atoms with E-state index < -0.39 is 6.04 Å². The second-order valence-corrected chi connectivity index (χ2v) is 9.25. The smallest absolute Gasteiger partial charge is 0.251 e. The van der Waals surface area contributed by atoms with Crippen molar-refractivity contribution in [1.82, 2.24) is 10.2 Å². The Labute approximate surface area is 184 Å². The summed E-state index contributed by atoms with van der Waals surface area (Å²) in [5, 5.41) is 3.55. The predicted molar refractivity (Wildman–Crippen MR) is 122 cm³/mol. The van der Waals surface area contributed by atoms with Gasteiger partial charge in [-0.2, -0.15) is 0 Å². The third-order valence-electron chi connectivity index (χ3n) is 5.50. The van der Waals surface area contributed by atoms with Gasteiger partial charge in [0, 0.05) is 42.5 Å². The predicted octanol–water partition coefficient (Wildman–Crippen LogP) is 4.10. The van der Waals surface area contributed by atoms with Gasteiger partial charge in [0.15, 0.2) is 0 Å². The highest BCUT2D eigenvalue weighted by Gasteiger charge is 2.26. The first-order valence-electron chi connectivity index (χ1n) is 10.4. The zero-order valence-corrected chi connectivity index (χ0v) is 18.9. The van der Waals surface area contributed by atoms with Crippen LogP contribution in [0.5, 0.6) is 0 Å². The highest BCUT2D eigenvalue weighted by molar-refractivity contribution is 6.30. The molecule has 0 saturated carbocycles. The minimum absolute atomic E-state index is 0.0332. The minimum Gasteiger partial charge on any atom is -0.368 e. The molecule has 160 valence electrons. The van der Waals surface area contributed by atoms with Gasteiger partial charge in [-0.25, -0.2) is 0 Å². The fourth-order valence-corrected chi connectivity index (χ4v) is 3.78. The highest BCUT2D eigenvalue weighted by Crippen LogP contribution is 2.23. The minimum atomic E-state index is -0.572. The van der Waals surface area contributed by atoms with Gasteiger partial charge in [0.1, 0.15) is 6.04 Å². The lowest BCUT2D eigenvalue weighted by Crippen LogP contribution is -2.54. The lowest BCUT2D eigenvalue weighted by molar-refractivity contribution is -0.133. The summed E-state index contributed by atoms with van der Waals surface area (Å²) in [4.78, 5) is 29.4. The summed E-state index contributed by atoms with van der Waals surface area (Å²) in [5.41, 5.74) is 2.83. The molecule has 5 nitrogen and oxygen atoms in total. The number of nitrogens with zero attached hydrogens (tertiary/aromatic N) is 2. The van der Waals surface area contributed by atoms with Crippen LogP contribution in [0.15, 0.2) is 48.5 Å². The number of nitrogens with one attached hydrogen (secondary N) is 1. The molecule has 0 radical (unpaired) electrons. The second kappa shape index (κ2) is 9.09. The van der Waals surface area contributed by atoms with Crippen molar-refractivity contribution in [2.45, 2.75) is 39.2 Å². The summed E-state index contributed by atoms with van der Waals surface area (Å²) in [6.45, 7) is 10.9. The Morgan fingerprint density at radius 1 is 1.00 bits per heavy atom. The monoisotopic (exact) mass is 427 g/mol. The molecule has 2 amide bonds. The van der Waals surface area contributed by atoms with Crippen LogP contribution in [-0.4, -0.2) is 48.9 Å². The van der Waals surface area contributed by atoms with E-state index in [0.29, 0.717) is 23.7 Å². The first-order valence-corrected chi connectivity index (χ1v) is 10.7. The van der Waals surface area contributed by atoms with E-state index in [1.165, 1.54) is 5.56 Å². The van der Waals surface area contributed by atoms with Crippen LogP contribution in [0, 0.1) is 0 Å². The van der Waals surface area contributed by atoms with Crippen molar-refractivity contribution in [2.24, 2.45) is 0 Å². The lowest BCUT2D eigenvalue weighted by Gasteiger charge is -2.37. The van der Waals surface area contributed by atoms with E-state index in [2.05, 4.69) is 31.0 Å². The van der Waals surface area contributed by atoms with Crippen LogP contribution < -0.4 is 10.2 Å². The maximum atomic E-state index is 12.8. The van der Waals surface area contributed by atoms with Gasteiger partial charge in [0.25, 0.3) is 5.91 Å². The summed E-state index contributed by atoms with van der Waals surface area (Å²) >= 11 is 6.08. The summed E-state index contributed by atoms with van der Waals surface area (Å²) in [5.74, 6) is -0.283. The molecule has 1 aliphatic heterocycles. The Hall–Kier alpha value is -2.53. The molecule has 1 fully saturated rings. The standard InChI is InChI=1S/C24H30ClN3O2/c1-17(26-22(29)18-8-10-19(11-9-18)24(2,3)4)23(30)28-14-12-27(13-15-28)21-7-5-6-20(25)16-21/h5-11,16-17H,12-15H2,1-4H3,(H,26,29). The van der Waals surface area contributed by atoms with Crippen molar-refractivity contribution in [3.63, 3.8) is 0 Å². The average molecular weight is 428 g/mol. The third kappa shape index (κ3) is 5.33. The zero-order valence-electron chi connectivity index (χ0n) is 18.1. The molecule has 1 unspecified atom stereocenters. The molecule has 3 rings (SSSR count). The first-order chi connectivity index (χ1) is 14.1. The van der Waals surface area contributed by atoms with Crippen molar-refractivity contribution in [1.29, 1.82) is 0 Å². The number of amides is 2. The zero-order chi connectivity index (χ0) is 21.9. The van der Waals surface area contributed by atoms with Crippen LogP contribution in [0.4, 0.5) is 5.69 Å². The van der Waals surface area contributed by atoms with E-state index in [1.807, 2.05) is 53.4 Å². The lowest BCUT2D eigenvalue weighted by atomic mass is 9.86. The van der Waals surface area contributed by atoms with Crippen molar-refractivity contribution < 1.29 is 9.59 Å². The number of hydrogen-bond donors (Lipinski definition) is 1. The van der Waals surface area contributed by atoms with Gasteiger partial charge in [0.2, 0.25) is 5.91 Å². The van der Waals surface area contributed by atoms with Crippen LogP contribution in [0.25, 0.3) is 0 Å². The number of rotatable bonds is 4. The first kappa shape index (κ1) is 22.2. The highest BCUT2D eigenvalue weighted by atomic mass is 35.5. The van der Waals surface area contributed by atoms with E-state index in [4.69, 9.17) is 11.6 Å². The van der Waals surface area contributed by atoms with Gasteiger partial charge in [-0.05, 0) is 48.2 Å². The maximum Gasteiger partial charge on any atom is 0.251 e. The molecule has 2 aromatic carbocycles. The van der Waals surface area contributed by atoms with E-state index in [0.717, 1.165) is 18.8 Å². The van der Waals surface area contributed by atoms with Gasteiger partial charge in [-0.1, -0.05) is 50.6 Å². The Morgan fingerprint density at radius 3 is 2.20 bits per heavy atom. The number of hydrogen-bond acceptors (Lipinski definition) is 3. The summed E-state index contributed by atoms with van der Waals surface area (Å²) in [6.07, 6.45) is 0. The summed E-state index contributed by atoms with van der Waals surface area (Å²) < 4.78 is 0. The molecule has 1 N–H and O–H groups in total. The quantitative estimate of drug-likeness (QED) is 0.799. The fraction of sp³-hybridized carbons (Fsp3) is 0.417. The number of piperazine rings is 1. The molecule has 0 spiro atoms. The molecule has 2 aromatic rings. The van der Waals surface area contributed by atoms with Crippen molar-refractivity contribution >= 4 is 29.1 Å². The Morgan fingerprint density at radius 2 is 1.63 bits per heavy atom. The van der Waals surface area contributed by atoms with Gasteiger partial charge in [0.05, 0.1) is 0 Å². The molecular formula is C24H30ClN3O2. The maximum absolute atomic E-state index is 12.8. The van der Waals surface area contributed by atoms with E-state index in [9.17, 15) is 9.59 Å². The largest absolute Gasteiger partial charge is 0.368 e. The van der Waals surface area contributed by atoms with Crippen molar-refractivity contribution in [2.75, 3.05) is 31.1 Å². The van der Waals surface area contributed by atoms with E-state index in [-0.39, 0.29) is 17.2 Å². The fourth-order valence-electron chi connectivity index (χ4n) is 3.60. The molecule has 1 aliphatic rings.